The highest BCUT2D eigenvalue weighted by molar-refractivity contribution is 14.1. The molecule has 0 atom stereocenters. The molecule has 3 nitrogen and oxygen atoms in total. The predicted molar refractivity (Wildman–Crippen MR) is 212 cm³/mol. The zero-order chi connectivity index (χ0) is 27.4. The Morgan fingerprint density at radius 2 is 0.750 bits per heavy atom. The number of benzene rings is 3. The summed E-state index contributed by atoms with van der Waals surface area (Å²) in [5, 5.41) is 0. The van der Waals surface area contributed by atoms with E-state index in [0.29, 0.717) is 36.1 Å². The van der Waals surface area contributed by atoms with Gasteiger partial charge < -0.3 is 0 Å². The molecule has 0 radical (unpaired) electrons. The van der Waals surface area contributed by atoms with E-state index in [0.717, 1.165) is 10.7 Å². The molecule has 0 aliphatic carbocycles. The molecular formula is C19H6F3I9O3S2. The molecule has 0 unspecified atom stereocenters. The number of rotatable bonds is 5. The fourth-order valence-corrected chi connectivity index (χ4v) is 24.1. The molecule has 0 heterocycles. The molecule has 196 valence electrons. The van der Waals surface area contributed by atoms with Gasteiger partial charge in [-0.05, 0) is 250 Å². The summed E-state index contributed by atoms with van der Waals surface area (Å²) in [6, 6.07) is 10.9. The molecule has 0 amide bonds. The molecule has 0 saturated heterocycles. The van der Waals surface area contributed by atoms with Crippen LogP contribution in [-0.2, 0) is 13.7 Å². The molecule has 3 aromatic rings. The van der Waals surface area contributed by atoms with Crippen LogP contribution in [-0.4, -0.2) is 13.9 Å². The van der Waals surface area contributed by atoms with Gasteiger partial charge in [-0.25, -0.2) is 0 Å². The molecule has 0 aliphatic heterocycles. The average molecular weight is 1550 g/mol. The van der Waals surface area contributed by atoms with Gasteiger partial charge in [0.15, 0.2) is 0 Å². The summed E-state index contributed by atoms with van der Waals surface area (Å²) < 4.78 is 79.8. The fourth-order valence-electron chi connectivity index (χ4n) is 2.99. The molecule has 3 rings (SSSR count). The highest BCUT2D eigenvalue weighted by Crippen LogP contribution is 2.75. The zero-order valence-electron chi connectivity index (χ0n) is 16.5. The smallest absolute Gasteiger partial charge is 0.199 e. The Balaban J connectivity index is 2.74. The van der Waals surface area contributed by atoms with Gasteiger partial charge in [-0.1, -0.05) is 0 Å². The van der Waals surface area contributed by atoms with Gasteiger partial charge in [0.1, 0.15) is 0 Å². The Labute approximate surface area is 330 Å². The lowest BCUT2D eigenvalue weighted by molar-refractivity contribution is -0.0496. The van der Waals surface area contributed by atoms with Crippen molar-refractivity contribution in [2.24, 2.45) is 0 Å². The Hall–Kier alpha value is 4.28. The number of alkyl halides is 3. The van der Waals surface area contributed by atoms with Crippen LogP contribution in [0.3, 0.4) is 0 Å². The second-order valence-electron chi connectivity index (χ2n) is 6.62. The van der Waals surface area contributed by atoms with E-state index < -0.39 is 25.9 Å². The first-order valence-corrected chi connectivity index (χ1v) is 21.4. The van der Waals surface area contributed by atoms with E-state index in [1.807, 2.05) is 36.4 Å². The maximum absolute atomic E-state index is 14.0. The van der Waals surface area contributed by atoms with Crippen LogP contribution < -0.4 is 0 Å². The maximum atomic E-state index is 14.0. The van der Waals surface area contributed by atoms with Crippen LogP contribution in [0.15, 0.2) is 51.1 Å². The monoisotopic (exact) mass is 1550 g/mol. The molecule has 0 saturated carbocycles. The van der Waals surface area contributed by atoms with Gasteiger partial charge in [0.2, 0.25) is 0 Å². The third-order valence-electron chi connectivity index (χ3n) is 4.23. The highest BCUT2D eigenvalue weighted by atomic mass is 127. The second kappa shape index (κ2) is 13.5. The van der Waals surface area contributed by atoms with Gasteiger partial charge in [-0.2, -0.15) is 25.2 Å². The second-order valence-corrected chi connectivity index (χ2v) is 21.6. The van der Waals surface area contributed by atoms with Gasteiger partial charge in [0, 0.05) is 46.8 Å². The standard InChI is InChI=1S/C19H6F3I9O3S2/c20-19(21,22)36(32,33)34-35(16-10(26)1-7(23)2-11(16)27,17-12(28)3-8(24)4-13(17)29)18-14(30)5-9(25)6-15(18)31/h1-6H. The molecular weight excluding hydrogens is 1540 g/mol. The normalized spacial score (nSPS) is 13.2. The Bertz CT molecular complexity index is 1270. The average Bonchev–Trinajstić information content (AvgIpc) is 2.63. The van der Waals surface area contributed by atoms with Crippen molar-refractivity contribution >= 4 is 224 Å². The van der Waals surface area contributed by atoms with Gasteiger partial charge >= 0.3 is 15.6 Å². The van der Waals surface area contributed by atoms with Crippen LogP contribution in [0.5, 0.6) is 0 Å². The summed E-state index contributed by atoms with van der Waals surface area (Å²) in [6.45, 7) is 0. The fraction of sp³-hybridized carbons (Fsp3) is 0.0526. The number of halogens is 12. The van der Waals surface area contributed by atoms with Gasteiger partial charge in [0.05, 0.1) is 0 Å². The minimum atomic E-state index is -6.02. The van der Waals surface area contributed by atoms with Gasteiger partial charge in [-0.15, -0.1) is 0 Å². The van der Waals surface area contributed by atoms with E-state index in [4.69, 9.17) is 3.63 Å². The molecule has 0 N–H and O–H groups in total. The van der Waals surface area contributed by atoms with Crippen LogP contribution >= 0.6 is 214 Å². The predicted octanol–water partition coefficient (Wildman–Crippen LogP) is 11.2. The van der Waals surface area contributed by atoms with Crippen LogP contribution in [0.4, 0.5) is 13.2 Å². The van der Waals surface area contributed by atoms with Crippen LogP contribution in [0.25, 0.3) is 0 Å². The summed E-state index contributed by atoms with van der Waals surface area (Å²) in [5.41, 5.74) is -5.61. The molecule has 17 heteroatoms. The van der Waals surface area contributed by atoms with Crippen molar-refractivity contribution in [2.45, 2.75) is 20.2 Å². The summed E-state index contributed by atoms with van der Waals surface area (Å²) in [6.07, 6.45) is 0. The molecule has 0 aliphatic rings. The van der Waals surface area contributed by atoms with Crippen molar-refractivity contribution < 1.29 is 25.2 Å². The number of hydrogen-bond acceptors (Lipinski definition) is 3. The third-order valence-corrected chi connectivity index (χ3v) is 18.5. The lowest BCUT2D eigenvalue weighted by atomic mass is 10.3. The van der Waals surface area contributed by atoms with E-state index in [9.17, 15) is 21.6 Å². The molecule has 0 spiro atoms. The van der Waals surface area contributed by atoms with Crippen LogP contribution in [0, 0.1) is 32.1 Å². The van der Waals surface area contributed by atoms with E-state index in [1.165, 1.54) is 0 Å². The van der Waals surface area contributed by atoms with Crippen LogP contribution in [0.2, 0.25) is 0 Å². The Morgan fingerprint density at radius 1 is 0.528 bits per heavy atom. The molecule has 0 aromatic heterocycles. The Morgan fingerprint density at radius 3 is 0.944 bits per heavy atom. The van der Waals surface area contributed by atoms with Crippen molar-refractivity contribution in [3.05, 3.63) is 68.5 Å². The van der Waals surface area contributed by atoms with Gasteiger partial charge in [-0.3, -0.25) is 0 Å². The summed E-state index contributed by atoms with van der Waals surface area (Å²) >= 11 is 18.8. The first-order chi connectivity index (χ1) is 16.4. The maximum Gasteiger partial charge on any atom is 0.524 e. The van der Waals surface area contributed by atoms with Crippen molar-refractivity contribution in [3.63, 3.8) is 0 Å². The van der Waals surface area contributed by atoms with Crippen molar-refractivity contribution in [2.75, 3.05) is 0 Å². The van der Waals surface area contributed by atoms with E-state index in [2.05, 4.69) is 203 Å². The third kappa shape index (κ3) is 7.32. The molecule has 36 heavy (non-hydrogen) atoms. The zero-order valence-corrected chi connectivity index (χ0v) is 37.6. The van der Waals surface area contributed by atoms with Crippen molar-refractivity contribution in [1.82, 2.24) is 0 Å². The SMILES string of the molecule is O=S(=O)(OS(c1c(I)cc(I)cc1I)(c1c(I)cc(I)cc1I)c1c(I)cc(I)cc1I)C(F)(F)F. The summed E-state index contributed by atoms with van der Waals surface area (Å²) in [5.74, 6) is 0. The summed E-state index contributed by atoms with van der Waals surface area (Å²) in [4.78, 5) is 1.27. The lowest BCUT2D eigenvalue weighted by Gasteiger charge is -2.43. The minimum Gasteiger partial charge on any atom is -0.199 e. The molecule has 0 fully saturated rings. The molecule has 3 aromatic carbocycles. The van der Waals surface area contributed by atoms with E-state index in [-0.39, 0.29) is 0 Å². The first-order valence-electron chi connectivity index (χ1n) is 8.72. The van der Waals surface area contributed by atoms with E-state index in [1.54, 1.807) is 0 Å². The number of hydrogen-bond donors (Lipinski definition) is 0. The summed E-state index contributed by atoms with van der Waals surface area (Å²) in [7, 11) is -9.49. The largest absolute Gasteiger partial charge is 0.524 e. The van der Waals surface area contributed by atoms with Crippen molar-refractivity contribution in [3.8, 4) is 0 Å². The Kier molecular flexibility index (Phi) is 13.0. The molecule has 0 bridgehead atoms. The first kappa shape index (κ1) is 34.8. The lowest BCUT2D eigenvalue weighted by Crippen LogP contribution is -2.29. The quantitative estimate of drug-likeness (QED) is 0.189. The minimum absolute atomic E-state index is 0.422. The van der Waals surface area contributed by atoms with Crippen molar-refractivity contribution in [1.29, 1.82) is 0 Å². The van der Waals surface area contributed by atoms with E-state index >= 15 is 0 Å². The van der Waals surface area contributed by atoms with Crippen LogP contribution in [0.1, 0.15) is 0 Å². The topological polar surface area (TPSA) is 43.4 Å². The van der Waals surface area contributed by atoms with Gasteiger partial charge in [0.25, 0.3) is 0 Å². The highest BCUT2D eigenvalue weighted by Gasteiger charge is 2.55.